The first kappa shape index (κ1) is 16.5. The van der Waals surface area contributed by atoms with E-state index in [1.54, 1.807) is 4.31 Å². The zero-order valence-corrected chi connectivity index (χ0v) is 14.5. The lowest BCUT2D eigenvalue weighted by atomic mass is 9.99. The van der Waals surface area contributed by atoms with Gasteiger partial charge >= 0.3 is 0 Å². The number of ether oxygens (including phenoxy) is 2. The molecule has 0 aliphatic carbocycles. The summed E-state index contributed by atoms with van der Waals surface area (Å²) in [5, 5.41) is 0. The Bertz CT molecular complexity index is 662. The maximum absolute atomic E-state index is 11.7. The molecule has 0 bridgehead atoms. The van der Waals surface area contributed by atoms with Crippen molar-refractivity contribution in [3.63, 3.8) is 0 Å². The molecule has 7 heteroatoms. The van der Waals surface area contributed by atoms with Gasteiger partial charge in [0, 0.05) is 26.2 Å². The molecule has 1 aromatic carbocycles. The Morgan fingerprint density at radius 3 is 2.87 bits per heavy atom. The molecule has 2 aliphatic rings. The maximum Gasteiger partial charge on any atom is 0.231 e. The number of fused-ring (bicyclic) bond motifs is 1. The van der Waals surface area contributed by atoms with E-state index in [1.165, 1.54) is 11.8 Å². The molecule has 128 valence electrons. The van der Waals surface area contributed by atoms with Gasteiger partial charge < -0.3 is 14.4 Å². The van der Waals surface area contributed by atoms with Gasteiger partial charge in [0.25, 0.3) is 0 Å². The van der Waals surface area contributed by atoms with E-state index in [0.29, 0.717) is 19.0 Å². The Labute approximate surface area is 138 Å². The fourth-order valence-electron chi connectivity index (χ4n) is 3.33. The van der Waals surface area contributed by atoms with Gasteiger partial charge in [0.1, 0.15) is 0 Å². The van der Waals surface area contributed by atoms with Crippen molar-refractivity contribution in [2.45, 2.75) is 19.4 Å². The van der Waals surface area contributed by atoms with Gasteiger partial charge in [-0.2, -0.15) is 0 Å². The van der Waals surface area contributed by atoms with Crippen LogP contribution in [0, 0.1) is 5.92 Å². The van der Waals surface area contributed by atoms with Crippen LogP contribution in [0.25, 0.3) is 0 Å². The summed E-state index contributed by atoms with van der Waals surface area (Å²) in [6.45, 7) is 3.27. The standard InChI is InChI=1S/C16H24N2O4S/c1-17(9-13-5-6-15-16(8-13)22-12-21-15)10-14-4-3-7-18(11-14)23(2,19)20/h5-6,8,14H,3-4,7,9-12H2,1-2H3/t14-/m1/s1. The minimum atomic E-state index is -3.08. The van der Waals surface area contributed by atoms with E-state index in [-0.39, 0.29) is 6.79 Å². The zero-order chi connectivity index (χ0) is 16.4. The Morgan fingerprint density at radius 2 is 2.09 bits per heavy atom. The normalized spacial score (nSPS) is 21.8. The smallest absolute Gasteiger partial charge is 0.231 e. The molecule has 23 heavy (non-hydrogen) atoms. The Hall–Kier alpha value is -1.31. The van der Waals surface area contributed by atoms with Crippen LogP contribution in [0.1, 0.15) is 18.4 Å². The molecular weight excluding hydrogens is 316 g/mol. The molecule has 2 aliphatic heterocycles. The fourth-order valence-corrected chi connectivity index (χ4v) is 4.28. The van der Waals surface area contributed by atoms with E-state index < -0.39 is 10.0 Å². The topological polar surface area (TPSA) is 59.1 Å². The van der Waals surface area contributed by atoms with Crippen LogP contribution in [0.5, 0.6) is 11.5 Å². The maximum atomic E-state index is 11.7. The summed E-state index contributed by atoms with van der Waals surface area (Å²) in [6.07, 6.45) is 3.32. The summed E-state index contributed by atoms with van der Waals surface area (Å²) in [5.74, 6) is 1.99. The molecule has 0 unspecified atom stereocenters. The van der Waals surface area contributed by atoms with Crippen molar-refractivity contribution in [2.75, 3.05) is 39.7 Å². The zero-order valence-electron chi connectivity index (χ0n) is 13.7. The first-order valence-electron chi connectivity index (χ1n) is 7.94. The molecule has 3 rings (SSSR count). The van der Waals surface area contributed by atoms with Crippen molar-refractivity contribution >= 4 is 10.0 Å². The molecule has 1 fully saturated rings. The summed E-state index contributed by atoms with van der Waals surface area (Å²) in [7, 11) is -1.00. The van der Waals surface area contributed by atoms with Crippen molar-refractivity contribution in [1.29, 1.82) is 0 Å². The second kappa shape index (κ2) is 6.67. The first-order valence-corrected chi connectivity index (χ1v) is 9.79. The van der Waals surface area contributed by atoms with Crippen LogP contribution < -0.4 is 9.47 Å². The number of nitrogens with zero attached hydrogens (tertiary/aromatic N) is 2. The predicted molar refractivity (Wildman–Crippen MR) is 88.0 cm³/mol. The molecule has 1 aromatic rings. The number of hydrogen-bond acceptors (Lipinski definition) is 5. The quantitative estimate of drug-likeness (QED) is 0.813. The second-order valence-electron chi connectivity index (χ2n) is 6.51. The Kier molecular flexibility index (Phi) is 4.79. The van der Waals surface area contributed by atoms with E-state index in [2.05, 4.69) is 11.9 Å². The van der Waals surface area contributed by atoms with Gasteiger partial charge in [-0.1, -0.05) is 6.07 Å². The monoisotopic (exact) mass is 340 g/mol. The summed E-state index contributed by atoms with van der Waals surface area (Å²) in [4.78, 5) is 2.24. The van der Waals surface area contributed by atoms with Gasteiger partial charge in [-0.05, 0) is 43.5 Å². The van der Waals surface area contributed by atoms with Gasteiger partial charge in [0.15, 0.2) is 11.5 Å². The summed E-state index contributed by atoms with van der Waals surface area (Å²) in [6, 6.07) is 6.01. The average Bonchev–Trinajstić information content (AvgIpc) is 2.94. The number of sulfonamides is 1. The Balaban J connectivity index is 1.56. The number of rotatable bonds is 5. The van der Waals surface area contributed by atoms with E-state index in [9.17, 15) is 8.42 Å². The average molecular weight is 340 g/mol. The Morgan fingerprint density at radius 1 is 1.30 bits per heavy atom. The summed E-state index contributed by atoms with van der Waals surface area (Å²) < 4.78 is 35.7. The highest BCUT2D eigenvalue weighted by Gasteiger charge is 2.26. The molecule has 0 amide bonds. The van der Waals surface area contributed by atoms with Gasteiger partial charge in [-0.25, -0.2) is 12.7 Å². The highest BCUT2D eigenvalue weighted by atomic mass is 32.2. The molecule has 0 aromatic heterocycles. The fraction of sp³-hybridized carbons (Fsp3) is 0.625. The summed E-state index contributed by atoms with van der Waals surface area (Å²) in [5.41, 5.74) is 1.17. The lowest BCUT2D eigenvalue weighted by molar-refractivity contribution is 0.173. The molecule has 0 saturated carbocycles. The first-order chi connectivity index (χ1) is 10.9. The molecule has 0 spiro atoms. The predicted octanol–water partition coefficient (Wildman–Crippen LogP) is 1.52. The van der Waals surface area contributed by atoms with Crippen LogP contribution in [0.15, 0.2) is 18.2 Å². The minimum absolute atomic E-state index is 0.290. The van der Waals surface area contributed by atoms with Crippen LogP contribution in [0.2, 0.25) is 0 Å². The number of piperidine rings is 1. The van der Waals surface area contributed by atoms with E-state index in [4.69, 9.17) is 9.47 Å². The number of hydrogen-bond donors (Lipinski definition) is 0. The van der Waals surface area contributed by atoms with Gasteiger partial charge in [-0.3, -0.25) is 0 Å². The van der Waals surface area contributed by atoms with Crippen molar-refractivity contribution in [1.82, 2.24) is 9.21 Å². The van der Waals surface area contributed by atoms with E-state index in [1.807, 2.05) is 18.2 Å². The molecule has 1 saturated heterocycles. The third kappa shape index (κ3) is 4.16. The van der Waals surface area contributed by atoms with Gasteiger partial charge in [-0.15, -0.1) is 0 Å². The van der Waals surface area contributed by atoms with Crippen molar-refractivity contribution in [3.8, 4) is 11.5 Å². The van der Waals surface area contributed by atoms with Crippen molar-refractivity contribution < 1.29 is 17.9 Å². The van der Waals surface area contributed by atoms with Crippen LogP contribution in [0.4, 0.5) is 0 Å². The van der Waals surface area contributed by atoms with Crippen molar-refractivity contribution in [2.24, 2.45) is 5.92 Å². The van der Waals surface area contributed by atoms with Crippen LogP contribution in [0.3, 0.4) is 0 Å². The van der Waals surface area contributed by atoms with E-state index in [0.717, 1.165) is 37.4 Å². The molecule has 1 atom stereocenters. The number of benzene rings is 1. The molecule has 0 radical (unpaired) electrons. The van der Waals surface area contributed by atoms with Crippen molar-refractivity contribution in [3.05, 3.63) is 23.8 Å². The second-order valence-corrected chi connectivity index (χ2v) is 8.50. The van der Waals surface area contributed by atoms with E-state index >= 15 is 0 Å². The van der Waals surface area contributed by atoms with Gasteiger partial charge in [0.2, 0.25) is 16.8 Å². The van der Waals surface area contributed by atoms with Crippen LogP contribution in [-0.4, -0.2) is 57.4 Å². The van der Waals surface area contributed by atoms with Crippen LogP contribution >= 0.6 is 0 Å². The molecule has 6 nitrogen and oxygen atoms in total. The lowest BCUT2D eigenvalue weighted by Gasteiger charge is -2.33. The third-order valence-corrected chi connectivity index (χ3v) is 5.68. The summed E-state index contributed by atoms with van der Waals surface area (Å²) >= 11 is 0. The van der Waals surface area contributed by atoms with Crippen LogP contribution in [-0.2, 0) is 16.6 Å². The molecule has 0 N–H and O–H groups in total. The highest BCUT2D eigenvalue weighted by Crippen LogP contribution is 2.32. The highest BCUT2D eigenvalue weighted by molar-refractivity contribution is 7.88. The minimum Gasteiger partial charge on any atom is -0.454 e. The lowest BCUT2D eigenvalue weighted by Crippen LogP contribution is -2.42. The molecule has 2 heterocycles. The largest absolute Gasteiger partial charge is 0.454 e. The molecular formula is C16H24N2O4S. The SMILES string of the molecule is CN(Cc1ccc2c(c1)OCO2)C[C@H]1CCCN(S(C)(=O)=O)C1. The third-order valence-electron chi connectivity index (χ3n) is 4.41. The van der Waals surface area contributed by atoms with Gasteiger partial charge in [0.05, 0.1) is 6.26 Å².